The zero-order valence-electron chi connectivity index (χ0n) is 10.6. The predicted molar refractivity (Wildman–Crippen MR) is 77.8 cm³/mol. The molecule has 0 aliphatic carbocycles. The van der Waals surface area contributed by atoms with E-state index in [1.54, 1.807) is 0 Å². The molecule has 0 aromatic heterocycles. The normalized spacial score (nSPS) is 12.2. The summed E-state index contributed by atoms with van der Waals surface area (Å²) < 4.78 is 24.4. The molecule has 1 aromatic rings. The van der Waals surface area contributed by atoms with Gasteiger partial charge in [0, 0.05) is 19.8 Å². The smallest absolute Gasteiger partial charge is 0.341 e. The van der Waals surface area contributed by atoms with Gasteiger partial charge >= 0.3 is 13.6 Å². The van der Waals surface area contributed by atoms with Crippen molar-refractivity contribution < 1.29 is 23.1 Å². The first-order valence-electron chi connectivity index (χ1n) is 5.28. The summed E-state index contributed by atoms with van der Waals surface area (Å²) in [7, 11) is -1.07. The fourth-order valence-corrected chi connectivity index (χ4v) is 2.40. The summed E-state index contributed by atoms with van der Waals surface area (Å²) in [6.45, 7) is 0. The zero-order valence-corrected chi connectivity index (χ0v) is 13.8. The summed E-state index contributed by atoms with van der Waals surface area (Å²) in [5.74, 6) is -0.523. The van der Waals surface area contributed by atoms with Crippen LogP contribution in [-0.2, 0) is 22.2 Å². The number of esters is 1. The molecule has 112 valence electrons. The van der Waals surface area contributed by atoms with Crippen LogP contribution in [0.4, 0.5) is 0 Å². The Morgan fingerprint density at radius 3 is 2.05 bits per heavy atom. The van der Waals surface area contributed by atoms with Crippen LogP contribution in [0.5, 0.6) is 5.75 Å². The predicted octanol–water partition coefficient (Wildman–Crippen LogP) is 3.90. The molecule has 0 unspecified atom stereocenters. The van der Waals surface area contributed by atoms with E-state index < -0.39 is 23.5 Å². The van der Waals surface area contributed by atoms with E-state index >= 15 is 0 Å². The zero-order chi connectivity index (χ0) is 15.4. The molecule has 0 saturated carbocycles. The van der Waals surface area contributed by atoms with Crippen molar-refractivity contribution in [1.29, 1.82) is 0 Å². The molecule has 1 aromatic carbocycles. The van der Waals surface area contributed by atoms with Crippen molar-refractivity contribution in [3.8, 4) is 5.75 Å². The number of benzene rings is 1. The highest BCUT2D eigenvalue weighted by molar-refractivity contribution is 7.54. The number of halogens is 3. The Morgan fingerprint density at radius 2 is 1.65 bits per heavy atom. The SMILES string of the molecule is COP(=O)(CC(=O)Oc1ccc(C(Cl)(Cl)Cl)cc1)OC. The fourth-order valence-electron chi connectivity index (χ4n) is 1.24. The second kappa shape index (κ2) is 7.12. The van der Waals surface area contributed by atoms with Crippen LogP contribution in [0.3, 0.4) is 0 Å². The van der Waals surface area contributed by atoms with Crippen LogP contribution < -0.4 is 4.74 Å². The van der Waals surface area contributed by atoms with Gasteiger partial charge in [0.15, 0.2) is 0 Å². The third-order valence-corrected chi connectivity index (χ3v) is 4.71. The lowest BCUT2D eigenvalue weighted by molar-refractivity contribution is -0.131. The highest BCUT2D eigenvalue weighted by atomic mass is 35.6. The van der Waals surface area contributed by atoms with Crippen LogP contribution in [0.25, 0.3) is 0 Å². The first-order chi connectivity index (χ1) is 9.20. The Labute approximate surface area is 131 Å². The molecule has 20 heavy (non-hydrogen) atoms. The van der Waals surface area contributed by atoms with E-state index in [0.29, 0.717) is 5.56 Å². The average molecular weight is 362 g/mol. The van der Waals surface area contributed by atoms with Crippen molar-refractivity contribution in [1.82, 2.24) is 0 Å². The standard InChI is InChI=1S/C11H12Cl3O5P/c1-17-20(16,18-2)7-10(15)19-9-5-3-8(4-6-9)11(12,13)14/h3-6H,7H2,1-2H3. The number of hydrogen-bond donors (Lipinski definition) is 0. The second-order valence-electron chi connectivity index (χ2n) is 3.63. The fraction of sp³-hybridized carbons (Fsp3) is 0.364. The molecule has 0 saturated heterocycles. The number of carbonyl (C=O) groups excluding carboxylic acids is 1. The molecule has 0 aliphatic rings. The molecule has 0 radical (unpaired) electrons. The topological polar surface area (TPSA) is 61.8 Å². The molecular weight excluding hydrogens is 349 g/mol. The first-order valence-corrected chi connectivity index (χ1v) is 8.15. The lowest BCUT2D eigenvalue weighted by Crippen LogP contribution is -2.14. The lowest BCUT2D eigenvalue weighted by Gasteiger charge is -2.13. The van der Waals surface area contributed by atoms with Gasteiger partial charge in [0.05, 0.1) is 0 Å². The number of carbonyl (C=O) groups is 1. The van der Waals surface area contributed by atoms with E-state index in [1.807, 2.05) is 0 Å². The highest BCUT2D eigenvalue weighted by Crippen LogP contribution is 2.46. The van der Waals surface area contributed by atoms with Crippen molar-refractivity contribution in [2.75, 3.05) is 20.4 Å². The molecule has 0 aliphatic heterocycles. The van der Waals surface area contributed by atoms with Crippen molar-refractivity contribution in [2.24, 2.45) is 0 Å². The Balaban J connectivity index is 2.70. The van der Waals surface area contributed by atoms with Crippen LogP contribution in [0.2, 0.25) is 0 Å². The third-order valence-electron chi connectivity index (χ3n) is 2.29. The van der Waals surface area contributed by atoms with E-state index in [1.165, 1.54) is 38.5 Å². The van der Waals surface area contributed by atoms with Gasteiger partial charge in [-0.25, -0.2) is 0 Å². The van der Waals surface area contributed by atoms with Crippen molar-refractivity contribution >= 4 is 48.4 Å². The Kier molecular flexibility index (Phi) is 6.32. The van der Waals surface area contributed by atoms with Gasteiger partial charge in [-0.3, -0.25) is 9.36 Å². The third kappa shape index (κ3) is 5.24. The minimum atomic E-state index is -3.45. The Hall–Kier alpha value is -0.290. The highest BCUT2D eigenvalue weighted by Gasteiger charge is 2.27. The van der Waals surface area contributed by atoms with E-state index in [9.17, 15) is 9.36 Å². The maximum atomic E-state index is 11.7. The molecule has 9 heteroatoms. The summed E-state index contributed by atoms with van der Waals surface area (Å²) in [6, 6.07) is 5.92. The van der Waals surface area contributed by atoms with Crippen LogP contribution in [0.1, 0.15) is 5.56 Å². The van der Waals surface area contributed by atoms with E-state index in [0.717, 1.165) is 0 Å². The van der Waals surface area contributed by atoms with Crippen molar-refractivity contribution in [3.05, 3.63) is 29.8 Å². The number of rotatable bonds is 5. The van der Waals surface area contributed by atoms with E-state index in [2.05, 4.69) is 9.05 Å². The van der Waals surface area contributed by atoms with Crippen LogP contribution in [0.15, 0.2) is 24.3 Å². The van der Waals surface area contributed by atoms with Gasteiger partial charge in [0.1, 0.15) is 11.9 Å². The first kappa shape index (κ1) is 17.8. The van der Waals surface area contributed by atoms with Crippen molar-refractivity contribution in [3.63, 3.8) is 0 Å². The van der Waals surface area contributed by atoms with Gasteiger partial charge < -0.3 is 13.8 Å². The van der Waals surface area contributed by atoms with Gasteiger partial charge in [-0.15, -0.1) is 0 Å². The van der Waals surface area contributed by atoms with Gasteiger partial charge in [-0.05, 0) is 12.1 Å². The number of ether oxygens (including phenoxy) is 1. The van der Waals surface area contributed by atoms with Gasteiger partial charge in [-0.1, -0.05) is 46.9 Å². The summed E-state index contributed by atoms with van der Waals surface area (Å²) in [4.78, 5) is 11.6. The monoisotopic (exact) mass is 360 g/mol. The minimum Gasteiger partial charge on any atom is -0.426 e. The largest absolute Gasteiger partial charge is 0.426 e. The average Bonchev–Trinajstić information content (AvgIpc) is 2.38. The molecule has 0 bridgehead atoms. The Morgan fingerprint density at radius 1 is 1.15 bits per heavy atom. The molecule has 5 nitrogen and oxygen atoms in total. The lowest BCUT2D eigenvalue weighted by atomic mass is 10.2. The van der Waals surface area contributed by atoms with Gasteiger partial charge in [0.25, 0.3) is 0 Å². The van der Waals surface area contributed by atoms with Gasteiger partial charge in [0.2, 0.25) is 3.79 Å². The van der Waals surface area contributed by atoms with Crippen molar-refractivity contribution in [2.45, 2.75) is 3.79 Å². The van der Waals surface area contributed by atoms with Crippen LogP contribution >= 0.6 is 42.4 Å². The summed E-state index contributed by atoms with van der Waals surface area (Å²) in [5, 5.41) is 0. The van der Waals surface area contributed by atoms with E-state index in [-0.39, 0.29) is 5.75 Å². The minimum absolute atomic E-state index is 0.228. The molecule has 1 rings (SSSR count). The second-order valence-corrected chi connectivity index (χ2v) is 8.18. The molecule has 0 N–H and O–H groups in total. The maximum Gasteiger partial charge on any atom is 0.341 e. The number of alkyl halides is 3. The quantitative estimate of drug-likeness (QED) is 0.344. The number of hydrogen-bond acceptors (Lipinski definition) is 5. The molecule has 0 spiro atoms. The maximum absolute atomic E-state index is 11.7. The molecule has 0 fully saturated rings. The van der Waals surface area contributed by atoms with Crippen LogP contribution in [0, 0.1) is 0 Å². The van der Waals surface area contributed by atoms with E-state index in [4.69, 9.17) is 39.5 Å². The molecule has 0 heterocycles. The summed E-state index contributed by atoms with van der Waals surface area (Å²) in [6.07, 6.45) is -0.494. The summed E-state index contributed by atoms with van der Waals surface area (Å²) >= 11 is 17.1. The van der Waals surface area contributed by atoms with Gasteiger partial charge in [-0.2, -0.15) is 0 Å². The summed E-state index contributed by atoms with van der Waals surface area (Å²) in [5.41, 5.74) is 0.432. The Bertz CT molecular complexity index is 504. The van der Waals surface area contributed by atoms with Crippen LogP contribution in [-0.4, -0.2) is 26.4 Å². The molecular formula is C11H12Cl3O5P. The molecule has 0 amide bonds. The molecule has 0 atom stereocenters.